The van der Waals surface area contributed by atoms with Crippen molar-refractivity contribution in [2.75, 3.05) is 28.4 Å². The molecule has 25 heavy (non-hydrogen) atoms. The summed E-state index contributed by atoms with van der Waals surface area (Å²) in [4.78, 5) is 4.18. The van der Waals surface area contributed by atoms with Crippen LogP contribution in [0.4, 0.5) is 0 Å². The molecule has 1 aliphatic carbocycles. The van der Waals surface area contributed by atoms with Crippen LogP contribution in [0.3, 0.4) is 0 Å². The van der Waals surface area contributed by atoms with Crippen LogP contribution in [0.5, 0.6) is 11.5 Å². The Morgan fingerprint density at radius 2 is 1.76 bits per heavy atom. The molecule has 0 bridgehead atoms. The summed E-state index contributed by atoms with van der Waals surface area (Å²) in [6.07, 6.45) is 0. The maximum Gasteiger partial charge on any atom is 0.292 e. The second-order valence-electron chi connectivity index (χ2n) is 5.87. The van der Waals surface area contributed by atoms with Gasteiger partial charge < -0.3 is 24.7 Å². The number of nitrogens with zero attached hydrogens (tertiary/aromatic N) is 3. The quantitative estimate of drug-likeness (QED) is 0.796. The van der Waals surface area contributed by atoms with Crippen LogP contribution in [0, 0.1) is 33.5 Å². The van der Waals surface area contributed by atoms with Gasteiger partial charge in [-0.3, -0.25) is 0 Å². The number of fused-ring (bicyclic) bond motifs is 1. The second-order valence-corrected chi connectivity index (χ2v) is 5.87. The molecule has 1 aliphatic heterocycles. The fraction of sp³-hybridized carbons (Fsp3) is 0.471. The number of methoxy groups -OCH3 is 4. The predicted molar refractivity (Wildman–Crippen MR) is 86.8 cm³/mol. The van der Waals surface area contributed by atoms with E-state index in [0.717, 1.165) is 0 Å². The first-order valence-electron chi connectivity index (χ1n) is 7.49. The van der Waals surface area contributed by atoms with E-state index in [0.29, 0.717) is 17.1 Å². The molecule has 0 radical (unpaired) electrons. The van der Waals surface area contributed by atoms with Gasteiger partial charge in [0.25, 0.3) is 5.91 Å². The molecule has 2 aliphatic rings. The van der Waals surface area contributed by atoms with Crippen molar-refractivity contribution in [1.82, 2.24) is 0 Å². The minimum atomic E-state index is -1.66. The Hall–Kier alpha value is -2.81. The molecule has 0 aromatic heterocycles. The molecule has 3 rings (SSSR count). The number of hydrogen-bond acceptors (Lipinski definition) is 8. The van der Waals surface area contributed by atoms with Crippen LogP contribution in [0.25, 0.3) is 0 Å². The first-order chi connectivity index (χ1) is 12.0. The molecule has 1 aromatic rings. The van der Waals surface area contributed by atoms with Crippen molar-refractivity contribution >= 4 is 5.84 Å². The third kappa shape index (κ3) is 1.63. The van der Waals surface area contributed by atoms with Crippen molar-refractivity contribution in [2.24, 2.45) is 21.6 Å². The van der Waals surface area contributed by atoms with Crippen LogP contribution in [-0.2, 0) is 9.47 Å². The smallest absolute Gasteiger partial charge is 0.292 e. The second kappa shape index (κ2) is 5.35. The highest BCUT2D eigenvalue weighted by Gasteiger charge is 2.93. The van der Waals surface area contributed by atoms with Gasteiger partial charge in [-0.2, -0.15) is 10.5 Å². The highest BCUT2D eigenvalue weighted by atomic mass is 16.7. The monoisotopic (exact) mass is 342 g/mol. The van der Waals surface area contributed by atoms with E-state index in [4.69, 9.17) is 24.7 Å². The van der Waals surface area contributed by atoms with Gasteiger partial charge in [0.05, 0.1) is 26.4 Å². The van der Waals surface area contributed by atoms with E-state index < -0.39 is 22.7 Å². The summed E-state index contributed by atoms with van der Waals surface area (Å²) in [5, 5.41) is 19.9. The van der Waals surface area contributed by atoms with Crippen LogP contribution in [0.2, 0.25) is 0 Å². The van der Waals surface area contributed by atoms with Gasteiger partial charge >= 0.3 is 0 Å². The minimum absolute atomic E-state index is 0.0168. The third-order valence-electron chi connectivity index (χ3n) is 5.23. The average molecular weight is 342 g/mol. The molecule has 1 aromatic carbocycles. The molecule has 1 saturated carbocycles. The topological polar surface area (TPSA) is 123 Å². The SMILES string of the molecule is COc1ccc([C@H]2[C@@]3(C#N)C(OC)(OC)N=C(N)[C@]23C#N)c(OC)c1. The molecule has 2 N–H and O–H groups in total. The molecule has 8 heteroatoms. The van der Waals surface area contributed by atoms with Gasteiger partial charge in [0.1, 0.15) is 22.7 Å². The van der Waals surface area contributed by atoms with Gasteiger partial charge in [-0.25, -0.2) is 4.99 Å². The highest BCUT2D eigenvalue weighted by molar-refractivity contribution is 6.00. The molecule has 0 unspecified atom stereocenters. The van der Waals surface area contributed by atoms with E-state index >= 15 is 0 Å². The van der Waals surface area contributed by atoms with Crippen molar-refractivity contribution in [2.45, 2.75) is 11.8 Å². The third-order valence-corrected chi connectivity index (χ3v) is 5.23. The van der Waals surface area contributed by atoms with Crippen LogP contribution in [-0.4, -0.2) is 40.2 Å². The summed E-state index contributed by atoms with van der Waals surface area (Å²) in [5.41, 5.74) is 3.96. The Morgan fingerprint density at radius 1 is 1.08 bits per heavy atom. The highest BCUT2D eigenvalue weighted by Crippen LogP contribution is 2.82. The lowest BCUT2D eigenvalue weighted by Crippen LogP contribution is -2.41. The molecule has 0 saturated heterocycles. The summed E-state index contributed by atoms with van der Waals surface area (Å²) >= 11 is 0. The van der Waals surface area contributed by atoms with Crippen molar-refractivity contribution < 1.29 is 18.9 Å². The maximum absolute atomic E-state index is 10.0. The Balaban J connectivity index is 2.25. The van der Waals surface area contributed by atoms with E-state index in [9.17, 15) is 10.5 Å². The number of amidine groups is 1. The van der Waals surface area contributed by atoms with Gasteiger partial charge in [0.15, 0.2) is 5.41 Å². The molecule has 0 spiro atoms. The summed E-state index contributed by atoms with van der Waals surface area (Å²) in [5.74, 6) is -1.18. The molecule has 3 atom stereocenters. The minimum Gasteiger partial charge on any atom is -0.497 e. The van der Waals surface area contributed by atoms with Crippen LogP contribution in [0.1, 0.15) is 11.5 Å². The predicted octanol–water partition coefficient (Wildman–Crippen LogP) is 1.14. The van der Waals surface area contributed by atoms with Gasteiger partial charge in [-0.1, -0.05) is 6.07 Å². The Labute approximate surface area is 145 Å². The normalized spacial score (nSPS) is 31.3. The van der Waals surface area contributed by atoms with Gasteiger partial charge in [0, 0.05) is 31.8 Å². The van der Waals surface area contributed by atoms with Crippen molar-refractivity contribution in [3.8, 4) is 23.6 Å². The fourth-order valence-corrected chi connectivity index (χ4v) is 4.04. The van der Waals surface area contributed by atoms with E-state index in [1.54, 1.807) is 25.3 Å². The van der Waals surface area contributed by atoms with Gasteiger partial charge in [0.2, 0.25) is 0 Å². The zero-order valence-electron chi connectivity index (χ0n) is 14.4. The van der Waals surface area contributed by atoms with Crippen molar-refractivity contribution in [1.29, 1.82) is 10.5 Å². The number of rotatable bonds is 5. The first-order valence-corrected chi connectivity index (χ1v) is 7.49. The number of benzene rings is 1. The lowest BCUT2D eigenvalue weighted by Gasteiger charge is -2.29. The summed E-state index contributed by atoms with van der Waals surface area (Å²) in [7, 11) is 5.78. The van der Waals surface area contributed by atoms with E-state index in [1.807, 2.05) is 0 Å². The van der Waals surface area contributed by atoms with E-state index in [-0.39, 0.29) is 5.84 Å². The van der Waals surface area contributed by atoms with Gasteiger partial charge in [-0.15, -0.1) is 0 Å². The zero-order chi connectivity index (χ0) is 18.5. The number of ether oxygens (including phenoxy) is 4. The molecular formula is C17H18N4O4. The number of nitriles is 2. The molecular weight excluding hydrogens is 324 g/mol. The van der Waals surface area contributed by atoms with Crippen LogP contribution >= 0.6 is 0 Å². The van der Waals surface area contributed by atoms with Gasteiger partial charge in [-0.05, 0) is 6.07 Å². The Kier molecular flexibility index (Phi) is 3.64. The first kappa shape index (κ1) is 17.0. The summed E-state index contributed by atoms with van der Waals surface area (Å²) in [6, 6.07) is 9.56. The van der Waals surface area contributed by atoms with Crippen LogP contribution < -0.4 is 15.2 Å². The number of nitrogens with two attached hydrogens (primary N) is 1. The Bertz CT molecular complexity index is 836. The Morgan fingerprint density at radius 3 is 2.24 bits per heavy atom. The van der Waals surface area contributed by atoms with E-state index in [2.05, 4.69) is 17.1 Å². The summed E-state index contributed by atoms with van der Waals surface area (Å²) < 4.78 is 21.5. The number of hydrogen-bond donors (Lipinski definition) is 1. The number of aliphatic imine (C=N–C) groups is 1. The van der Waals surface area contributed by atoms with Crippen LogP contribution in [0.15, 0.2) is 23.2 Å². The zero-order valence-corrected chi connectivity index (χ0v) is 14.4. The molecule has 1 heterocycles. The van der Waals surface area contributed by atoms with Crippen molar-refractivity contribution in [3.05, 3.63) is 23.8 Å². The van der Waals surface area contributed by atoms with E-state index in [1.165, 1.54) is 21.3 Å². The molecule has 130 valence electrons. The lowest BCUT2D eigenvalue weighted by molar-refractivity contribution is -0.230. The average Bonchev–Trinajstić information content (AvgIpc) is 3.22. The fourth-order valence-electron chi connectivity index (χ4n) is 4.04. The largest absolute Gasteiger partial charge is 0.497 e. The molecule has 0 amide bonds. The molecule has 1 fully saturated rings. The van der Waals surface area contributed by atoms with Crippen molar-refractivity contribution in [3.63, 3.8) is 0 Å². The summed E-state index contributed by atoms with van der Waals surface area (Å²) in [6.45, 7) is 0. The molecule has 8 nitrogen and oxygen atoms in total. The maximum atomic E-state index is 10.0. The lowest BCUT2D eigenvalue weighted by atomic mass is 9.93. The standard InChI is InChI=1S/C17H18N4O4/c1-22-10-5-6-11(12(7-10)23-2)13-15(8-18)14(20)21-17(24-3,25-4)16(13,15)9-19/h5-7,13H,1-4H3,(H2,20,21)/t13-,15+,16-/m1/s1.